The molecule has 0 aliphatic carbocycles. The van der Waals surface area contributed by atoms with Crippen molar-refractivity contribution in [3.8, 4) is 0 Å². The first-order valence-electron chi connectivity index (χ1n) is 4.86. The largest absolute Gasteiger partial charge is 0.394 e. The number of hydrogen-bond donors (Lipinski definition) is 5. The second kappa shape index (κ2) is 7.66. The molecule has 5 N–H and O–H groups in total. The van der Waals surface area contributed by atoms with Crippen LogP contribution in [0.15, 0.2) is 5.29 Å². The second-order valence-corrected chi connectivity index (χ2v) is 3.45. The fraction of sp³-hybridized carbons (Fsp3) is 0.750. The highest BCUT2D eigenvalue weighted by Crippen LogP contribution is 2.04. The van der Waals surface area contributed by atoms with Crippen molar-refractivity contribution in [1.82, 2.24) is 10.3 Å². The van der Waals surface area contributed by atoms with Gasteiger partial charge in [0.15, 0.2) is 0 Å². The van der Waals surface area contributed by atoms with Gasteiger partial charge in [0.2, 0.25) is 0 Å². The molecule has 104 valence electrons. The van der Waals surface area contributed by atoms with Crippen LogP contribution in [0.2, 0.25) is 0 Å². The van der Waals surface area contributed by atoms with Crippen molar-refractivity contribution in [3.63, 3.8) is 0 Å². The summed E-state index contributed by atoms with van der Waals surface area (Å²) in [6.45, 7) is -0.840. The average Bonchev–Trinajstić information content (AvgIpc) is 2.40. The van der Waals surface area contributed by atoms with Gasteiger partial charge < -0.3 is 30.5 Å². The number of carbonyl (C=O) groups excluding carboxylic acids is 2. The Bertz CT molecular complexity index is 300. The van der Waals surface area contributed by atoms with E-state index < -0.39 is 37.0 Å². The Hall–Kier alpha value is -1.62. The first-order valence-corrected chi connectivity index (χ1v) is 4.86. The fourth-order valence-electron chi connectivity index (χ4n) is 1.02. The third kappa shape index (κ3) is 4.33. The van der Waals surface area contributed by atoms with Crippen LogP contribution in [-0.2, 0) is 4.79 Å². The summed E-state index contributed by atoms with van der Waals surface area (Å²) in [5, 5.41) is 40.9. The van der Waals surface area contributed by atoms with E-state index in [1.54, 1.807) is 0 Å². The van der Waals surface area contributed by atoms with E-state index in [2.05, 4.69) is 5.29 Å². The molecule has 0 spiro atoms. The molecule has 0 fully saturated rings. The summed E-state index contributed by atoms with van der Waals surface area (Å²) in [5.41, 5.74) is 0. The number of carbonyl (C=O) groups is 2. The Morgan fingerprint density at radius 1 is 1.39 bits per heavy atom. The average molecular weight is 265 g/mol. The Morgan fingerprint density at radius 3 is 2.33 bits per heavy atom. The van der Waals surface area contributed by atoms with E-state index in [1.807, 2.05) is 5.32 Å². The van der Waals surface area contributed by atoms with Crippen LogP contribution in [0.3, 0.4) is 0 Å². The van der Waals surface area contributed by atoms with E-state index in [-0.39, 0.29) is 6.29 Å². The van der Waals surface area contributed by atoms with Crippen LogP contribution in [-0.4, -0.2) is 75.8 Å². The number of nitrogens with zero attached hydrogens (tertiary/aromatic N) is 2. The molecule has 0 unspecified atom stereocenters. The van der Waals surface area contributed by atoms with Gasteiger partial charge in [0.05, 0.1) is 11.9 Å². The van der Waals surface area contributed by atoms with Gasteiger partial charge in [-0.25, -0.2) is 4.79 Å². The van der Waals surface area contributed by atoms with Gasteiger partial charge in [0.25, 0.3) is 0 Å². The lowest BCUT2D eigenvalue weighted by Gasteiger charge is -2.26. The van der Waals surface area contributed by atoms with Gasteiger partial charge in [0.1, 0.15) is 30.6 Å². The van der Waals surface area contributed by atoms with Crippen molar-refractivity contribution in [2.75, 3.05) is 13.7 Å². The van der Waals surface area contributed by atoms with Gasteiger partial charge in [0, 0.05) is 7.05 Å². The first kappa shape index (κ1) is 16.4. The van der Waals surface area contributed by atoms with Crippen LogP contribution in [0.25, 0.3) is 0 Å². The molecule has 0 heterocycles. The molecular weight excluding hydrogens is 250 g/mol. The molecule has 0 saturated heterocycles. The normalized spacial score (nSPS) is 17.2. The number of nitroso groups, excluding NO2 is 1. The minimum absolute atomic E-state index is 0.106. The van der Waals surface area contributed by atoms with Gasteiger partial charge in [-0.1, -0.05) is 0 Å². The molecule has 2 amide bonds. The van der Waals surface area contributed by atoms with Crippen molar-refractivity contribution < 1.29 is 30.0 Å². The summed E-state index contributed by atoms with van der Waals surface area (Å²) in [6, 6.07) is -2.65. The van der Waals surface area contributed by atoms with Crippen LogP contribution in [0.1, 0.15) is 0 Å². The first-order chi connectivity index (χ1) is 8.38. The zero-order chi connectivity index (χ0) is 14.3. The highest BCUT2D eigenvalue weighted by Gasteiger charge is 2.32. The topological polar surface area (TPSA) is 160 Å². The monoisotopic (exact) mass is 265 g/mol. The fourth-order valence-corrected chi connectivity index (χ4v) is 1.02. The number of aliphatic hydroxyl groups is 4. The molecule has 0 radical (unpaired) electrons. The van der Waals surface area contributed by atoms with Crippen LogP contribution >= 0.6 is 0 Å². The van der Waals surface area contributed by atoms with E-state index >= 15 is 0 Å². The lowest BCUT2D eigenvalue weighted by molar-refractivity contribution is -0.119. The molecule has 0 aromatic carbocycles. The van der Waals surface area contributed by atoms with E-state index in [0.717, 1.165) is 7.05 Å². The summed E-state index contributed by atoms with van der Waals surface area (Å²) in [7, 11) is 1.01. The zero-order valence-electron chi connectivity index (χ0n) is 9.50. The van der Waals surface area contributed by atoms with Crippen LogP contribution < -0.4 is 5.32 Å². The van der Waals surface area contributed by atoms with Crippen molar-refractivity contribution in [2.45, 2.75) is 24.4 Å². The van der Waals surface area contributed by atoms with E-state index in [0.29, 0.717) is 5.01 Å². The Labute approximate surface area is 102 Å². The molecule has 10 nitrogen and oxygen atoms in total. The maximum Gasteiger partial charge on any atom is 0.340 e. The molecule has 0 aromatic rings. The maximum atomic E-state index is 11.2. The standard InChI is InChI=1S/C8H15N3O7/c1-11(10-18)8(17)9-4(2-12)6(15)7(16)5(14)3-13/h2,4-7,13-16H,3H2,1H3,(H,9,17)/t4-,5-,6-,7-/m1/s1. The number of aliphatic hydroxyl groups excluding tert-OH is 4. The highest BCUT2D eigenvalue weighted by molar-refractivity contribution is 5.77. The van der Waals surface area contributed by atoms with Crippen molar-refractivity contribution in [1.29, 1.82) is 0 Å². The summed E-state index contributed by atoms with van der Waals surface area (Å²) < 4.78 is 0. The molecule has 10 heteroatoms. The van der Waals surface area contributed by atoms with Gasteiger partial charge in [-0.2, -0.15) is 5.01 Å². The maximum absolute atomic E-state index is 11.2. The second-order valence-electron chi connectivity index (χ2n) is 3.45. The Balaban J connectivity index is 4.62. The van der Waals surface area contributed by atoms with Gasteiger partial charge in [-0.05, 0) is 0 Å². The molecule has 0 aromatic heterocycles. The SMILES string of the molecule is CN(N=O)C(=O)N[C@H](C=O)[C@@H](O)[C@H](O)[C@H](O)CO. The summed E-state index contributed by atoms with van der Waals surface area (Å²) in [5.74, 6) is 0. The number of hydrogen-bond acceptors (Lipinski definition) is 8. The van der Waals surface area contributed by atoms with Crippen LogP contribution in [0.5, 0.6) is 0 Å². The van der Waals surface area contributed by atoms with Gasteiger partial charge >= 0.3 is 6.03 Å². The molecule has 0 aliphatic heterocycles. The number of urea groups is 1. The molecule has 0 aliphatic rings. The van der Waals surface area contributed by atoms with Crippen molar-refractivity contribution in [3.05, 3.63) is 4.91 Å². The lowest BCUT2D eigenvalue weighted by atomic mass is 10.0. The molecular formula is C8H15N3O7. The highest BCUT2D eigenvalue weighted by atomic mass is 16.4. The molecule has 0 saturated carbocycles. The molecule has 0 rings (SSSR count). The minimum atomic E-state index is -1.85. The smallest absolute Gasteiger partial charge is 0.340 e. The van der Waals surface area contributed by atoms with Crippen molar-refractivity contribution in [2.24, 2.45) is 5.29 Å². The van der Waals surface area contributed by atoms with Gasteiger partial charge in [-0.3, -0.25) is 0 Å². The van der Waals surface area contributed by atoms with Crippen LogP contribution in [0.4, 0.5) is 4.79 Å². The summed E-state index contributed by atoms with van der Waals surface area (Å²) in [6.07, 6.45) is -5.27. The summed E-state index contributed by atoms with van der Waals surface area (Å²) >= 11 is 0. The molecule has 4 atom stereocenters. The summed E-state index contributed by atoms with van der Waals surface area (Å²) in [4.78, 5) is 31.8. The van der Waals surface area contributed by atoms with Crippen LogP contribution in [0, 0.1) is 4.91 Å². The van der Waals surface area contributed by atoms with E-state index in [1.165, 1.54) is 0 Å². The Kier molecular flexibility index (Phi) is 6.97. The van der Waals surface area contributed by atoms with E-state index in [9.17, 15) is 24.7 Å². The van der Waals surface area contributed by atoms with E-state index in [4.69, 9.17) is 10.2 Å². The number of nitrogens with one attached hydrogen (secondary N) is 1. The third-order valence-electron chi connectivity index (χ3n) is 2.15. The van der Waals surface area contributed by atoms with Gasteiger partial charge in [-0.15, -0.1) is 4.91 Å². The number of amides is 2. The number of aldehydes is 1. The predicted molar refractivity (Wildman–Crippen MR) is 57.0 cm³/mol. The number of rotatable bonds is 7. The molecule has 0 bridgehead atoms. The zero-order valence-corrected chi connectivity index (χ0v) is 9.50. The molecule has 18 heavy (non-hydrogen) atoms. The quantitative estimate of drug-likeness (QED) is 0.186. The third-order valence-corrected chi connectivity index (χ3v) is 2.15. The van der Waals surface area contributed by atoms with Crippen molar-refractivity contribution >= 4 is 12.3 Å². The minimum Gasteiger partial charge on any atom is -0.394 e. The Morgan fingerprint density at radius 2 is 1.94 bits per heavy atom. The lowest BCUT2D eigenvalue weighted by Crippen LogP contribution is -2.54. The predicted octanol–water partition coefficient (Wildman–Crippen LogP) is -3.05.